The molecule has 90 valence electrons. The second-order valence-electron chi connectivity index (χ2n) is 5.47. The topological polar surface area (TPSA) is 17.0 Å². The maximum atomic E-state index is 3.61. The van der Waals surface area contributed by atoms with Crippen molar-refractivity contribution in [3.8, 4) is 0 Å². The van der Waals surface area contributed by atoms with Crippen molar-refractivity contribution in [2.75, 3.05) is 6.54 Å². The van der Waals surface area contributed by atoms with Crippen LogP contribution in [0.3, 0.4) is 0 Å². The van der Waals surface area contributed by atoms with Crippen molar-refractivity contribution in [2.45, 2.75) is 52.6 Å². The fourth-order valence-electron chi connectivity index (χ4n) is 2.71. The summed E-state index contributed by atoms with van der Waals surface area (Å²) >= 11 is 0. The Hall–Kier alpha value is -0.760. The molecule has 2 heteroatoms. The van der Waals surface area contributed by atoms with Gasteiger partial charge in [0.1, 0.15) is 0 Å². The quantitative estimate of drug-likeness (QED) is 0.806. The summed E-state index contributed by atoms with van der Waals surface area (Å²) in [7, 11) is 0. The summed E-state index contributed by atoms with van der Waals surface area (Å²) in [5, 5.41) is 3.61. The molecule has 0 saturated heterocycles. The third-order valence-electron chi connectivity index (χ3n) is 3.87. The zero-order valence-electron chi connectivity index (χ0n) is 10.6. The Labute approximate surface area is 99.0 Å². The van der Waals surface area contributed by atoms with E-state index in [4.69, 9.17) is 0 Å². The fraction of sp³-hybridized carbons (Fsp3) is 0.714. The Morgan fingerprint density at radius 3 is 2.75 bits per heavy atom. The van der Waals surface area contributed by atoms with Gasteiger partial charge in [0.2, 0.25) is 0 Å². The Kier molecular flexibility index (Phi) is 3.70. The highest BCUT2D eigenvalue weighted by Crippen LogP contribution is 2.36. The Balaban J connectivity index is 1.75. The summed E-state index contributed by atoms with van der Waals surface area (Å²) in [6.07, 6.45) is 10.0. The molecule has 2 nitrogen and oxygen atoms in total. The minimum absolute atomic E-state index is 0.563. The molecule has 0 spiro atoms. The van der Waals surface area contributed by atoms with Gasteiger partial charge in [0.15, 0.2) is 0 Å². The largest absolute Gasteiger partial charge is 0.354 e. The van der Waals surface area contributed by atoms with Gasteiger partial charge >= 0.3 is 0 Å². The van der Waals surface area contributed by atoms with Crippen LogP contribution in [0.15, 0.2) is 18.5 Å². The van der Waals surface area contributed by atoms with Crippen LogP contribution in [0.2, 0.25) is 0 Å². The number of aryl methyl sites for hydroxylation is 1. The first-order valence-corrected chi connectivity index (χ1v) is 6.57. The molecule has 2 rings (SSSR count). The molecule has 1 aromatic heterocycles. The molecule has 1 aromatic rings. The highest BCUT2D eigenvalue weighted by molar-refractivity contribution is 5.09. The molecule has 0 radical (unpaired) electrons. The molecule has 0 aromatic carbocycles. The third kappa shape index (κ3) is 2.88. The van der Waals surface area contributed by atoms with Crippen LogP contribution >= 0.6 is 0 Å². The van der Waals surface area contributed by atoms with Crippen LogP contribution in [0.5, 0.6) is 0 Å². The number of aromatic nitrogens is 1. The lowest BCUT2D eigenvalue weighted by atomic mass is 9.89. The predicted molar refractivity (Wildman–Crippen MR) is 68.4 cm³/mol. The Morgan fingerprint density at radius 2 is 2.12 bits per heavy atom. The molecule has 1 aliphatic carbocycles. The van der Waals surface area contributed by atoms with Gasteiger partial charge in [-0.25, -0.2) is 0 Å². The molecule has 1 aliphatic rings. The van der Waals surface area contributed by atoms with Crippen LogP contribution in [0.4, 0.5) is 0 Å². The molecule has 0 amide bonds. The van der Waals surface area contributed by atoms with E-state index in [1.807, 2.05) is 0 Å². The lowest BCUT2D eigenvalue weighted by Gasteiger charge is -2.23. The molecule has 1 heterocycles. The summed E-state index contributed by atoms with van der Waals surface area (Å²) in [6.45, 7) is 7.85. The van der Waals surface area contributed by atoms with Crippen molar-refractivity contribution in [3.63, 3.8) is 0 Å². The predicted octanol–water partition coefficient (Wildman–Crippen LogP) is 3.18. The average molecular weight is 220 g/mol. The van der Waals surface area contributed by atoms with E-state index in [2.05, 4.69) is 42.2 Å². The summed E-state index contributed by atoms with van der Waals surface area (Å²) in [6, 6.07) is 2.22. The number of rotatable bonds is 5. The van der Waals surface area contributed by atoms with E-state index in [0.717, 1.165) is 13.1 Å². The smallest absolute Gasteiger partial charge is 0.0220 e. The summed E-state index contributed by atoms with van der Waals surface area (Å²) in [5.41, 5.74) is 1.97. The Morgan fingerprint density at radius 1 is 1.38 bits per heavy atom. The standard InChI is InChI=1S/C14H24N2/c1-3-16-9-6-13(11-16)10-15-12-14(2)7-4-5-8-14/h6,9,11,15H,3-5,7-8,10,12H2,1-2H3. The number of nitrogens with one attached hydrogen (secondary N) is 1. The molecular formula is C14H24N2. The second kappa shape index (κ2) is 5.05. The maximum absolute atomic E-state index is 3.61. The van der Waals surface area contributed by atoms with Crippen LogP contribution in [-0.2, 0) is 13.1 Å². The molecule has 1 saturated carbocycles. The summed E-state index contributed by atoms with van der Waals surface area (Å²) < 4.78 is 2.23. The van der Waals surface area contributed by atoms with Gasteiger partial charge in [-0.2, -0.15) is 0 Å². The molecule has 0 bridgehead atoms. The van der Waals surface area contributed by atoms with Crippen molar-refractivity contribution < 1.29 is 0 Å². The van der Waals surface area contributed by atoms with Gasteiger partial charge in [0.05, 0.1) is 0 Å². The van der Waals surface area contributed by atoms with Crippen LogP contribution in [0.25, 0.3) is 0 Å². The number of hydrogen-bond donors (Lipinski definition) is 1. The molecule has 0 atom stereocenters. The van der Waals surface area contributed by atoms with E-state index in [1.165, 1.54) is 37.8 Å². The molecular weight excluding hydrogens is 196 g/mol. The molecule has 1 N–H and O–H groups in total. The van der Waals surface area contributed by atoms with E-state index in [9.17, 15) is 0 Å². The van der Waals surface area contributed by atoms with E-state index >= 15 is 0 Å². The van der Waals surface area contributed by atoms with Crippen LogP contribution in [0, 0.1) is 5.41 Å². The zero-order valence-corrected chi connectivity index (χ0v) is 10.6. The van der Waals surface area contributed by atoms with Gasteiger partial charge in [-0.1, -0.05) is 19.8 Å². The summed E-state index contributed by atoms with van der Waals surface area (Å²) in [5.74, 6) is 0. The van der Waals surface area contributed by atoms with Gasteiger partial charge in [-0.05, 0) is 36.8 Å². The van der Waals surface area contributed by atoms with Crippen molar-refractivity contribution in [1.29, 1.82) is 0 Å². The van der Waals surface area contributed by atoms with E-state index in [1.54, 1.807) is 0 Å². The maximum Gasteiger partial charge on any atom is 0.0220 e. The first-order valence-electron chi connectivity index (χ1n) is 6.57. The minimum atomic E-state index is 0.563. The normalized spacial score (nSPS) is 19.1. The van der Waals surface area contributed by atoms with Gasteiger partial charge in [-0.3, -0.25) is 0 Å². The number of hydrogen-bond acceptors (Lipinski definition) is 1. The van der Waals surface area contributed by atoms with Crippen molar-refractivity contribution in [3.05, 3.63) is 24.0 Å². The van der Waals surface area contributed by atoms with Gasteiger partial charge in [-0.15, -0.1) is 0 Å². The highest BCUT2D eigenvalue weighted by Gasteiger charge is 2.27. The lowest BCUT2D eigenvalue weighted by molar-refractivity contribution is 0.314. The lowest BCUT2D eigenvalue weighted by Crippen LogP contribution is -2.29. The van der Waals surface area contributed by atoms with Crippen molar-refractivity contribution >= 4 is 0 Å². The molecule has 0 unspecified atom stereocenters. The van der Waals surface area contributed by atoms with Crippen LogP contribution < -0.4 is 5.32 Å². The van der Waals surface area contributed by atoms with E-state index in [0.29, 0.717) is 5.41 Å². The minimum Gasteiger partial charge on any atom is -0.354 e. The van der Waals surface area contributed by atoms with Gasteiger partial charge in [0, 0.05) is 32.0 Å². The van der Waals surface area contributed by atoms with Crippen molar-refractivity contribution in [2.24, 2.45) is 5.41 Å². The van der Waals surface area contributed by atoms with Crippen LogP contribution in [0.1, 0.15) is 45.1 Å². The molecule has 0 aliphatic heterocycles. The zero-order chi connectivity index (χ0) is 11.4. The van der Waals surface area contributed by atoms with E-state index < -0.39 is 0 Å². The molecule has 16 heavy (non-hydrogen) atoms. The number of nitrogens with zero attached hydrogens (tertiary/aromatic N) is 1. The van der Waals surface area contributed by atoms with Gasteiger partial charge < -0.3 is 9.88 Å². The van der Waals surface area contributed by atoms with Crippen LogP contribution in [-0.4, -0.2) is 11.1 Å². The third-order valence-corrected chi connectivity index (χ3v) is 3.87. The van der Waals surface area contributed by atoms with Gasteiger partial charge in [0.25, 0.3) is 0 Å². The first kappa shape index (κ1) is 11.7. The van der Waals surface area contributed by atoms with Crippen molar-refractivity contribution in [1.82, 2.24) is 9.88 Å². The second-order valence-corrected chi connectivity index (χ2v) is 5.47. The fourth-order valence-corrected chi connectivity index (χ4v) is 2.71. The monoisotopic (exact) mass is 220 g/mol. The average Bonchev–Trinajstić information content (AvgIpc) is 2.88. The molecule has 1 fully saturated rings. The van der Waals surface area contributed by atoms with E-state index in [-0.39, 0.29) is 0 Å². The summed E-state index contributed by atoms with van der Waals surface area (Å²) in [4.78, 5) is 0. The SMILES string of the molecule is CCn1ccc(CNCC2(C)CCCC2)c1. The highest BCUT2D eigenvalue weighted by atomic mass is 14.9. The first-order chi connectivity index (χ1) is 7.72. The Bertz CT molecular complexity index is 321.